The van der Waals surface area contributed by atoms with Gasteiger partial charge in [-0.2, -0.15) is 14.5 Å². The highest BCUT2D eigenvalue weighted by atomic mass is 32.2. The lowest BCUT2D eigenvalue weighted by atomic mass is 9.64. The molecule has 0 spiro atoms. The maximum absolute atomic E-state index is 14.5. The van der Waals surface area contributed by atoms with Gasteiger partial charge in [-0.05, 0) is 71.6 Å². The molecule has 2 unspecified atom stereocenters. The van der Waals surface area contributed by atoms with Gasteiger partial charge in [0.25, 0.3) is 0 Å². The minimum absolute atomic E-state index is 0.0383. The zero-order valence-corrected chi connectivity index (χ0v) is 22.7. The maximum atomic E-state index is 14.5. The first-order valence-electron chi connectivity index (χ1n) is 12.2. The quantitative estimate of drug-likeness (QED) is 0.252. The Labute approximate surface area is 217 Å². The number of sulfonamides is 1. The minimum Gasteiger partial charge on any atom is -0.207 e. The normalized spacial score (nSPS) is 22.2. The third kappa shape index (κ3) is 5.57. The van der Waals surface area contributed by atoms with Gasteiger partial charge in [0.15, 0.2) is 0 Å². The third-order valence-corrected chi connectivity index (χ3v) is 9.84. The number of hydrogen-bond acceptors (Lipinski definition) is 4. The lowest BCUT2D eigenvalue weighted by Crippen LogP contribution is -2.46. The average molecular weight is 534 g/mol. The molecule has 3 rings (SSSR count). The van der Waals surface area contributed by atoms with E-state index in [0.717, 1.165) is 18.2 Å². The second-order valence-electron chi connectivity index (χ2n) is 10.3. The Hall–Kier alpha value is -2.78. The molecule has 0 saturated heterocycles. The molecular weight excluding hydrogens is 499 g/mol. The smallest absolute Gasteiger partial charge is 0.207 e. The van der Waals surface area contributed by atoms with Crippen LogP contribution in [-0.4, -0.2) is 32.9 Å². The first-order valence-corrected chi connectivity index (χ1v) is 13.6. The van der Waals surface area contributed by atoms with Crippen LogP contribution in [0.15, 0.2) is 75.8 Å². The molecule has 1 aliphatic rings. The van der Waals surface area contributed by atoms with Crippen molar-refractivity contribution in [3.05, 3.63) is 83.7 Å². The topological polar surface area (TPSA) is 62.1 Å². The van der Waals surface area contributed by atoms with Crippen LogP contribution in [0.5, 0.6) is 0 Å². The van der Waals surface area contributed by atoms with Crippen molar-refractivity contribution >= 4 is 15.7 Å². The molecule has 37 heavy (non-hydrogen) atoms. The lowest BCUT2D eigenvalue weighted by Gasteiger charge is -2.44. The SMILES string of the molecule is C=C(/C=C(\N=N/C)c1c(F)cccc1F)C1CCC(C)(CN(CC)S(=O)(=O)c2cccc(F)c2)C1(C)C. The van der Waals surface area contributed by atoms with Gasteiger partial charge in [-0.3, -0.25) is 0 Å². The Morgan fingerprint density at radius 2 is 1.76 bits per heavy atom. The zero-order chi connectivity index (χ0) is 27.6. The van der Waals surface area contributed by atoms with Crippen molar-refractivity contribution in [2.24, 2.45) is 27.0 Å². The van der Waals surface area contributed by atoms with Crippen LogP contribution in [-0.2, 0) is 10.0 Å². The minimum atomic E-state index is -3.91. The Kier molecular flexibility index (Phi) is 8.49. The van der Waals surface area contributed by atoms with E-state index in [9.17, 15) is 21.6 Å². The van der Waals surface area contributed by atoms with E-state index in [4.69, 9.17) is 0 Å². The lowest BCUT2D eigenvalue weighted by molar-refractivity contribution is 0.0803. The van der Waals surface area contributed by atoms with Crippen molar-refractivity contribution in [3.63, 3.8) is 0 Å². The van der Waals surface area contributed by atoms with Gasteiger partial charge < -0.3 is 0 Å². The number of benzene rings is 2. The Morgan fingerprint density at radius 1 is 1.14 bits per heavy atom. The molecule has 0 bridgehead atoms. The van der Waals surface area contributed by atoms with Crippen LogP contribution < -0.4 is 0 Å². The summed E-state index contributed by atoms with van der Waals surface area (Å²) in [6.07, 6.45) is 2.96. The van der Waals surface area contributed by atoms with Crippen LogP contribution in [0.25, 0.3) is 5.70 Å². The van der Waals surface area contributed by atoms with Crippen molar-refractivity contribution in [3.8, 4) is 0 Å². The maximum Gasteiger partial charge on any atom is 0.243 e. The van der Waals surface area contributed by atoms with Gasteiger partial charge >= 0.3 is 0 Å². The molecule has 200 valence electrons. The van der Waals surface area contributed by atoms with E-state index in [1.54, 1.807) is 13.0 Å². The molecule has 0 aliphatic heterocycles. The van der Waals surface area contributed by atoms with Gasteiger partial charge in [0.1, 0.15) is 17.5 Å². The van der Waals surface area contributed by atoms with Gasteiger partial charge in [-0.25, -0.2) is 21.6 Å². The zero-order valence-electron chi connectivity index (χ0n) is 21.9. The van der Waals surface area contributed by atoms with Crippen LogP contribution in [0, 0.1) is 34.2 Å². The van der Waals surface area contributed by atoms with Crippen LogP contribution in [0.1, 0.15) is 46.1 Å². The van der Waals surface area contributed by atoms with Gasteiger partial charge in [-0.1, -0.05) is 46.4 Å². The van der Waals surface area contributed by atoms with Crippen molar-refractivity contribution in [2.45, 2.75) is 45.4 Å². The summed E-state index contributed by atoms with van der Waals surface area (Å²) in [5.41, 5.74) is -0.494. The number of halogens is 3. The van der Waals surface area contributed by atoms with Crippen LogP contribution in [0.2, 0.25) is 0 Å². The summed E-state index contributed by atoms with van der Waals surface area (Å²) < 4.78 is 70.8. The monoisotopic (exact) mass is 533 g/mol. The highest BCUT2D eigenvalue weighted by Crippen LogP contribution is 2.58. The first kappa shape index (κ1) is 28.8. The third-order valence-electron chi connectivity index (χ3n) is 7.92. The fraction of sp³-hybridized carbons (Fsp3) is 0.429. The van der Waals surface area contributed by atoms with E-state index in [-0.39, 0.29) is 35.2 Å². The summed E-state index contributed by atoms with van der Waals surface area (Å²) in [6.45, 7) is 12.6. The second-order valence-corrected chi connectivity index (χ2v) is 12.2. The molecule has 0 amide bonds. The van der Waals surface area contributed by atoms with Crippen LogP contribution in [0.3, 0.4) is 0 Å². The molecule has 0 aromatic heterocycles. The second kappa shape index (κ2) is 10.9. The van der Waals surface area contributed by atoms with E-state index in [2.05, 4.69) is 30.7 Å². The van der Waals surface area contributed by atoms with Crippen LogP contribution >= 0.6 is 0 Å². The summed E-state index contributed by atoms with van der Waals surface area (Å²) >= 11 is 0. The highest BCUT2D eigenvalue weighted by Gasteiger charge is 2.53. The standard InChI is InChI=1S/C28H34F3N3O2S/c1-7-34(37(35,36)21-11-8-10-20(29)17-21)18-28(5)15-14-22(27(28,3)4)19(2)16-25(33-32-6)26-23(30)12-9-13-24(26)31/h8-13,16-17,22H,2,7,14-15,18H2,1,3-6H3/b25-16-,33-32-. The first-order chi connectivity index (χ1) is 17.3. The van der Waals surface area contributed by atoms with E-state index in [1.807, 2.05) is 6.92 Å². The van der Waals surface area contributed by atoms with E-state index < -0.39 is 38.3 Å². The molecule has 1 aliphatic carbocycles. The summed E-state index contributed by atoms with van der Waals surface area (Å²) in [5, 5.41) is 7.71. The van der Waals surface area contributed by atoms with E-state index >= 15 is 0 Å². The molecule has 5 nitrogen and oxygen atoms in total. The van der Waals surface area contributed by atoms with Crippen molar-refractivity contribution in [1.29, 1.82) is 0 Å². The fourth-order valence-corrected chi connectivity index (χ4v) is 6.91. The number of rotatable bonds is 9. The average Bonchev–Trinajstić information content (AvgIpc) is 3.06. The van der Waals surface area contributed by atoms with Crippen molar-refractivity contribution < 1.29 is 21.6 Å². The van der Waals surface area contributed by atoms with Crippen LogP contribution in [0.4, 0.5) is 13.2 Å². The molecule has 2 aromatic rings. The van der Waals surface area contributed by atoms with Crippen molar-refractivity contribution in [1.82, 2.24) is 4.31 Å². The Morgan fingerprint density at radius 3 is 2.32 bits per heavy atom. The summed E-state index contributed by atoms with van der Waals surface area (Å²) in [6, 6.07) is 8.62. The molecule has 0 heterocycles. The summed E-state index contributed by atoms with van der Waals surface area (Å²) in [4.78, 5) is -0.0841. The van der Waals surface area contributed by atoms with Gasteiger partial charge in [0.2, 0.25) is 10.0 Å². The Balaban J connectivity index is 1.93. The number of hydrogen-bond donors (Lipinski definition) is 0. The van der Waals surface area contributed by atoms with Gasteiger partial charge in [0, 0.05) is 20.1 Å². The Bertz CT molecular complexity index is 1320. The number of allylic oxidation sites excluding steroid dienone is 2. The summed E-state index contributed by atoms with van der Waals surface area (Å²) in [5.74, 6) is -2.21. The molecule has 1 fully saturated rings. The molecular formula is C28H34F3N3O2S. The molecule has 0 N–H and O–H groups in total. The number of nitrogens with zero attached hydrogens (tertiary/aromatic N) is 3. The van der Waals surface area contributed by atoms with Gasteiger partial charge in [-0.15, -0.1) is 0 Å². The molecule has 2 atom stereocenters. The molecule has 9 heteroatoms. The highest BCUT2D eigenvalue weighted by molar-refractivity contribution is 7.89. The molecule has 0 radical (unpaired) electrons. The number of azo groups is 1. The van der Waals surface area contributed by atoms with E-state index in [1.165, 1.54) is 35.6 Å². The summed E-state index contributed by atoms with van der Waals surface area (Å²) in [7, 11) is -2.49. The van der Waals surface area contributed by atoms with E-state index in [0.29, 0.717) is 18.4 Å². The molecule has 1 saturated carbocycles. The molecule has 2 aromatic carbocycles. The fourth-order valence-electron chi connectivity index (χ4n) is 5.31. The predicted octanol–water partition coefficient (Wildman–Crippen LogP) is 7.24. The largest absolute Gasteiger partial charge is 0.243 e. The van der Waals surface area contributed by atoms with Crippen molar-refractivity contribution in [2.75, 3.05) is 20.1 Å². The van der Waals surface area contributed by atoms with Gasteiger partial charge in [0.05, 0.1) is 16.2 Å². The predicted molar refractivity (Wildman–Crippen MR) is 140 cm³/mol.